The lowest BCUT2D eigenvalue weighted by molar-refractivity contribution is 0.0589. The minimum Gasteiger partial charge on any atom is -0.508 e. The summed E-state index contributed by atoms with van der Waals surface area (Å²) in [6, 6.07) is 2.05. The first-order valence-electron chi connectivity index (χ1n) is 12.8. The normalized spacial score (nSPS) is 17.7. The van der Waals surface area contributed by atoms with Gasteiger partial charge in [0.2, 0.25) is 0 Å². The lowest BCUT2D eigenvalue weighted by atomic mass is 9.51. The number of carbonyl (C=O) groups excluding carboxylic acids is 2. The minimum absolute atomic E-state index is 0.0444. The van der Waals surface area contributed by atoms with Crippen LogP contribution < -0.4 is 36.8 Å². The molecule has 2 aromatic rings. The molecule has 0 aliphatic carbocycles. The molecular formula is C26H28B6ClN3O5. The van der Waals surface area contributed by atoms with Crippen LogP contribution in [0.4, 0.5) is 10.5 Å². The Hall–Kier alpha value is -2.58. The van der Waals surface area contributed by atoms with Crippen LogP contribution in [0.3, 0.4) is 0 Å². The van der Waals surface area contributed by atoms with Crippen molar-refractivity contribution in [3.05, 3.63) is 28.3 Å². The molecule has 12 radical (unpaired) electrons. The van der Waals surface area contributed by atoms with E-state index in [1.807, 2.05) is 6.92 Å². The molecule has 2 aromatic carbocycles. The third-order valence-electron chi connectivity index (χ3n) is 7.12. The summed E-state index contributed by atoms with van der Waals surface area (Å²) in [5.74, 6) is -0.746. The first kappa shape index (κ1) is 32.9. The number of nitrogens with zero attached hydrogens (tertiary/aromatic N) is 2. The van der Waals surface area contributed by atoms with E-state index in [1.54, 1.807) is 25.7 Å². The monoisotopic (exact) mass is 563 g/mol. The van der Waals surface area contributed by atoms with Gasteiger partial charge in [0.1, 0.15) is 48.5 Å². The second-order valence-corrected chi connectivity index (χ2v) is 11.5. The largest absolute Gasteiger partial charge is 0.508 e. The molecule has 2 atom stereocenters. The molecule has 15 heteroatoms. The molecule has 1 saturated heterocycles. The van der Waals surface area contributed by atoms with Crippen LogP contribution in [-0.4, -0.2) is 107 Å². The van der Waals surface area contributed by atoms with Crippen LogP contribution in [0.2, 0.25) is 5.02 Å². The van der Waals surface area contributed by atoms with Gasteiger partial charge in [-0.25, -0.2) is 4.79 Å². The van der Waals surface area contributed by atoms with Crippen LogP contribution in [0.15, 0.2) is 12.1 Å². The number of carbonyl (C=O) groups is 2. The molecule has 1 aliphatic heterocycles. The van der Waals surface area contributed by atoms with Gasteiger partial charge < -0.3 is 24.8 Å². The number of likely N-dealkylation sites (tertiary alicyclic amines) is 1. The van der Waals surface area contributed by atoms with E-state index in [0.717, 1.165) is 0 Å². The molecule has 1 heterocycles. The lowest BCUT2D eigenvalue weighted by Gasteiger charge is -2.43. The third kappa shape index (κ3) is 6.43. The maximum Gasteiger partial charge on any atom is 0.414 e. The zero-order valence-corrected chi connectivity index (χ0v) is 24.8. The number of anilines is 1. The van der Waals surface area contributed by atoms with E-state index in [4.69, 9.17) is 68.2 Å². The van der Waals surface area contributed by atoms with Gasteiger partial charge in [-0.2, -0.15) is 0 Å². The van der Waals surface area contributed by atoms with Crippen molar-refractivity contribution >= 4 is 98.2 Å². The highest BCUT2D eigenvalue weighted by molar-refractivity contribution is 6.64. The third-order valence-corrected chi connectivity index (χ3v) is 7.42. The van der Waals surface area contributed by atoms with Crippen molar-refractivity contribution in [2.45, 2.75) is 57.1 Å². The van der Waals surface area contributed by atoms with E-state index in [2.05, 4.69) is 5.32 Å². The molecule has 1 fully saturated rings. The van der Waals surface area contributed by atoms with Crippen molar-refractivity contribution in [1.82, 2.24) is 10.2 Å². The van der Waals surface area contributed by atoms with Crippen LogP contribution in [-0.2, 0) is 10.1 Å². The number of benzene rings is 2. The summed E-state index contributed by atoms with van der Waals surface area (Å²) < 4.78 is 10.9. The van der Waals surface area contributed by atoms with Crippen molar-refractivity contribution in [2.24, 2.45) is 0 Å². The van der Waals surface area contributed by atoms with Crippen molar-refractivity contribution in [2.75, 3.05) is 25.6 Å². The van der Waals surface area contributed by atoms with E-state index in [-0.39, 0.29) is 43.8 Å². The Balaban J connectivity index is 1.85. The molecule has 3 rings (SSSR count). The van der Waals surface area contributed by atoms with Crippen LogP contribution in [0.5, 0.6) is 11.5 Å². The van der Waals surface area contributed by atoms with Crippen molar-refractivity contribution in [1.29, 1.82) is 0 Å². The second-order valence-electron chi connectivity index (χ2n) is 11.0. The Kier molecular flexibility index (Phi) is 9.61. The van der Waals surface area contributed by atoms with Crippen LogP contribution in [0.1, 0.15) is 50.0 Å². The van der Waals surface area contributed by atoms with Crippen molar-refractivity contribution in [3.63, 3.8) is 0 Å². The number of hydrogen-bond donors (Lipinski definition) is 2. The lowest BCUT2D eigenvalue weighted by Crippen LogP contribution is -2.58. The number of hydrogen-bond acceptors (Lipinski definition) is 6. The van der Waals surface area contributed by atoms with E-state index in [9.17, 15) is 14.7 Å². The number of methoxy groups -OCH3 is 1. The topological polar surface area (TPSA) is 91.3 Å². The molecule has 202 valence electrons. The Labute approximate surface area is 254 Å². The average Bonchev–Trinajstić information content (AvgIpc) is 3.25. The second kappa shape index (κ2) is 12.0. The number of ether oxygens (including phenoxy) is 2. The van der Waals surface area contributed by atoms with Crippen molar-refractivity contribution in [3.8, 4) is 11.5 Å². The van der Waals surface area contributed by atoms with E-state index in [1.165, 1.54) is 31.2 Å². The van der Waals surface area contributed by atoms with E-state index < -0.39 is 40.8 Å². The fourth-order valence-electron chi connectivity index (χ4n) is 4.84. The SMILES string of the molecule is [B]c1c([B])c([B])c(C([B])([B])N2CC[C@@H](NC(=O)c3cc(Cl)c(N(C)C(=O)OC(C)(C)C)cc3OC)[C@H]2C)c(O)c1[B]. The number of aromatic hydroxyl groups is 1. The van der Waals surface area contributed by atoms with Gasteiger partial charge in [0.25, 0.3) is 5.91 Å². The molecule has 41 heavy (non-hydrogen) atoms. The number of amides is 2. The Bertz CT molecular complexity index is 1340. The molecule has 0 saturated carbocycles. The first-order valence-corrected chi connectivity index (χ1v) is 13.2. The highest BCUT2D eigenvalue weighted by Gasteiger charge is 2.42. The predicted octanol–water partition coefficient (Wildman–Crippen LogP) is -1.06. The number of nitrogens with one attached hydrogen (secondary N) is 1. The molecule has 0 unspecified atom stereocenters. The summed E-state index contributed by atoms with van der Waals surface area (Å²) in [6.45, 7) is 7.39. The molecule has 2 N–H and O–H groups in total. The summed E-state index contributed by atoms with van der Waals surface area (Å²) in [7, 11) is 39.8. The van der Waals surface area contributed by atoms with Gasteiger partial charge in [-0.3, -0.25) is 9.69 Å². The number of halogens is 1. The van der Waals surface area contributed by atoms with E-state index in [0.29, 0.717) is 18.7 Å². The van der Waals surface area contributed by atoms with E-state index >= 15 is 0 Å². The smallest absolute Gasteiger partial charge is 0.414 e. The summed E-state index contributed by atoms with van der Waals surface area (Å²) >= 11 is 6.48. The van der Waals surface area contributed by atoms with Gasteiger partial charge in [0.15, 0.2) is 0 Å². The number of phenols is 1. The van der Waals surface area contributed by atoms with Crippen LogP contribution in [0, 0.1) is 0 Å². The maximum atomic E-state index is 13.4. The van der Waals surface area contributed by atoms with Crippen molar-refractivity contribution < 1.29 is 24.2 Å². The Morgan fingerprint density at radius 2 is 1.68 bits per heavy atom. The maximum absolute atomic E-state index is 13.4. The average molecular weight is 563 g/mol. The van der Waals surface area contributed by atoms with Gasteiger partial charge in [0, 0.05) is 25.2 Å². The van der Waals surface area contributed by atoms with Gasteiger partial charge in [0.05, 0.1) is 39.1 Å². The number of phenolic OH excluding ortho intramolecular Hbond substituents is 1. The number of rotatable bonds is 6. The first-order chi connectivity index (χ1) is 18.8. The summed E-state index contributed by atoms with van der Waals surface area (Å²) in [4.78, 5) is 28.9. The molecule has 1 aliphatic rings. The molecular weight excluding hydrogens is 535 g/mol. The molecule has 0 aromatic heterocycles. The minimum atomic E-state index is -1.81. The molecule has 0 bridgehead atoms. The van der Waals surface area contributed by atoms with Gasteiger partial charge in [-0.05, 0) is 57.6 Å². The summed E-state index contributed by atoms with van der Waals surface area (Å²) in [5, 5.41) is 12.0. The molecule has 2 amide bonds. The zero-order valence-electron chi connectivity index (χ0n) is 24.0. The Morgan fingerprint density at radius 1 is 1.10 bits per heavy atom. The quantitative estimate of drug-likeness (QED) is 0.437. The summed E-state index contributed by atoms with van der Waals surface area (Å²) in [6.07, 6.45) is -0.166. The summed E-state index contributed by atoms with van der Waals surface area (Å²) in [5.41, 5.74) is -0.730. The van der Waals surface area contributed by atoms with Crippen LogP contribution >= 0.6 is 11.6 Å². The zero-order chi connectivity index (χ0) is 31.2. The Morgan fingerprint density at radius 3 is 2.24 bits per heavy atom. The molecule has 0 spiro atoms. The fourth-order valence-corrected chi connectivity index (χ4v) is 5.13. The highest BCUT2D eigenvalue weighted by atomic mass is 35.5. The highest BCUT2D eigenvalue weighted by Crippen LogP contribution is 2.35. The van der Waals surface area contributed by atoms with Gasteiger partial charge in [-0.15, -0.1) is 10.9 Å². The standard InChI is InChI=1S/C26H28B6ClN3O5/c1-11-14(7-8-36(11)26(31,32)17-18(27)19(28)20(29)21(30)22(17)37)34-23(38)12-9-13(33)15(10-16(12)40-6)35(5)24(39)41-25(2,3)4/h9-11,14,37H,7-8H2,1-6H3,(H,34,38)/t11-,14-/m1/s1. The fraction of sp³-hybridized carbons (Fsp3) is 0.462. The predicted molar refractivity (Wildman–Crippen MR) is 168 cm³/mol. The molecule has 8 nitrogen and oxygen atoms in total. The van der Waals surface area contributed by atoms with Gasteiger partial charge >= 0.3 is 6.09 Å². The van der Waals surface area contributed by atoms with Crippen LogP contribution in [0.25, 0.3) is 0 Å². The van der Waals surface area contributed by atoms with Gasteiger partial charge in [-0.1, -0.05) is 22.5 Å².